The van der Waals surface area contributed by atoms with Gasteiger partial charge in [-0.05, 0) is 0 Å². The molecule has 0 fully saturated rings. The zero-order valence-electron chi connectivity index (χ0n) is 22.9. The van der Waals surface area contributed by atoms with Crippen molar-refractivity contribution in [1.29, 1.82) is 0 Å². The van der Waals surface area contributed by atoms with Crippen LogP contribution < -0.4 is 41.6 Å². The summed E-state index contributed by atoms with van der Waals surface area (Å²) in [5, 5.41) is 0. The van der Waals surface area contributed by atoms with E-state index in [0.717, 1.165) is 0 Å². The van der Waals surface area contributed by atoms with E-state index < -0.39 is 110 Å². The SMILES string of the molecule is O=S(=O)([O-])[O-].O=S(=O)([O-])[O-].O=S(=O)([O-])[O-].O=S(=O)([O-])[O-].[O]=[Cr](=[O])([O-])[O-].[O]=[Cr](=[O])([O-])[O-].[O]=[Cr](=[O])([O-])[O-].[O]=[Cr](=[O])([O-])[O-].[O]=[Cr](=[O])([O-])[O-].[Pb+2].[Pb+2].[Pb+2].[Pb+2].[Pb+2].[Pb+2].[Pb+2].[Pb+2].[Pb+2]. The van der Waals surface area contributed by atoms with Crippen LogP contribution in [0.5, 0.6) is 0 Å². The van der Waals surface area contributed by atoms with Crippen LogP contribution in [-0.4, -0.2) is 316 Å². The third-order valence-electron chi connectivity index (χ3n) is 0. The molecule has 0 aliphatic heterocycles. The fraction of sp³-hybridized carbons (Fsp3) is 0. The van der Waals surface area contributed by atoms with Gasteiger partial charge >= 0.3 is 393 Å². The van der Waals surface area contributed by atoms with Gasteiger partial charge in [-0.25, -0.2) is 0 Å². The summed E-state index contributed by atoms with van der Waals surface area (Å²) < 4.78 is 308. The molecule has 0 bridgehead atoms. The Balaban J connectivity index is -0.0000000165. The molecule has 0 saturated heterocycles. The molecule has 0 amide bonds. The van der Waals surface area contributed by atoms with Crippen LogP contribution in [0.3, 0.4) is 0 Å². The topological polar surface area (TPSA) is 722 Å². The van der Waals surface area contributed by atoms with E-state index in [1.807, 2.05) is 0 Å². The molecular formula is Cr5O36Pb9S4. The first-order chi connectivity index (χ1) is 18.0. The largest absolute Gasteiger partial charge is 2.00 e. The first kappa shape index (κ1) is 119. The van der Waals surface area contributed by atoms with Crippen LogP contribution in [0.2, 0.25) is 0 Å². The molecule has 0 aromatic rings. The summed E-state index contributed by atoms with van der Waals surface area (Å²) in [5.74, 6) is 0. The van der Waals surface area contributed by atoms with Gasteiger partial charge in [-0.15, -0.1) is 0 Å². The zero-order chi connectivity index (χ0) is 40.5. The number of hydrogen-bond donors (Lipinski definition) is 0. The van der Waals surface area contributed by atoms with Crippen molar-refractivity contribution in [2.75, 3.05) is 0 Å². The van der Waals surface area contributed by atoms with Crippen LogP contribution >= 0.6 is 0 Å². The van der Waals surface area contributed by atoms with Crippen molar-refractivity contribution in [2.45, 2.75) is 0 Å². The second-order valence-electron chi connectivity index (χ2n) is 3.67. The zero-order valence-corrected chi connectivity index (χ0v) is 67.5. The van der Waals surface area contributed by atoms with Crippen LogP contribution in [0.15, 0.2) is 0 Å². The maximum Gasteiger partial charge on any atom is 2.00 e. The van der Waals surface area contributed by atoms with Crippen molar-refractivity contribution >= 4 is 287 Å². The standard InChI is InChI=1S/5Cr.4H2O4S.20O.9Pb/c;;;;;4*1-5(2,3)4;;;;;;;;;;;;;;;;;;;;;;;;;;;;;/h;;;;;4*(H2,1,2,3,4);;;;;;;;;;;;;;;;;;;;;;;;;;;;;/q;;;;;;;;;;;;;;;;;;;10*-1;9*+2/p-8. The third kappa shape index (κ3) is 3240. The average molecular weight is 2830 g/mol. The molecule has 0 aliphatic rings. The van der Waals surface area contributed by atoms with Gasteiger partial charge < -0.3 is 36.4 Å². The molecule has 0 spiro atoms. The Labute approximate surface area is 494 Å². The summed E-state index contributed by atoms with van der Waals surface area (Å²) in [6.07, 6.45) is 0. The van der Waals surface area contributed by atoms with Crippen molar-refractivity contribution in [3.8, 4) is 0 Å². The van der Waals surface area contributed by atoms with Crippen LogP contribution in [-0.2, 0) is 148 Å². The Morgan fingerprint density at radius 2 is 0.204 bits per heavy atom. The van der Waals surface area contributed by atoms with Crippen LogP contribution in [0.1, 0.15) is 0 Å². The Hall–Kier alpha value is 8.04. The van der Waals surface area contributed by atoms with E-state index in [-0.39, 0.29) is 246 Å². The second kappa shape index (κ2) is 57.2. The molecule has 0 aromatic heterocycles. The smallest absolute Gasteiger partial charge is 2.00 e. The summed E-state index contributed by atoms with van der Waals surface area (Å²) in [6, 6.07) is 0. The van der Waals surface area contributed by atoms with Gasteiger partial charge in [-0.3, -0.25) is 33.7 Å². The molecule has 0 atom stereocenters. The van der Waals surface area contributed by atoms with Gasteiger partial charge in [0, 0.05) is 41.6 Å². The average Bonchev–Trinajstić information content (AvgIpc) is 2.26. The van der Waals surface area contributed by atoms with Crippen molar-refractivity contribution in [3.05, 3.63) is 0 Å². The normalized spacial score (nSPS) is 9.67. The fourth-order valence-electron chi connectivity index (χ4n) is 0. The summed E-state index contributed by atoms with van der Waals surface area (Å²) >= 11 is -28.8. The van der Waals surface area contributed by atoms with E-state index in [9.17, 15) is 0 Å². The predicted molar refractivity (Wildman–Crippen MR) is 101 cm³/mol. The summed E-state index contributed by atoms with van der Waals surface area (Å²) in [6.45, 7) is 0. The minimum Gasteiger partial charge on any atom is 2.00 e. The Morgan fingerprint density at radius 3 is 0.204 bits per heavy atom. The number of hydrogen-bond acceptors (Lipinski definition) is 36. The van der Waals surface area contributed by atoms with Gasteiger partial charge in [0.2, 0.25) is 0 Å². The maximum absolute atomic E-state index is 8.59. The Kier molecular flexibility index (Phi) is 126. The van der Waals surface area contributed by atoms with Crippen molar-refractivity contribution in [1.82, 2.24) is 0 Å². The monoisotopic (exact) mass is 2840 g/mol. The van der Waals surface area contributed by atoms with E-state index in [4.69, 9.17) is 150 Å². The summed E-state index contributed by atoms with van der Waals surface area (Å²) in [4.78, 5) is 0. The van der Waals surface area contributed by atoms with Crippen LogP contribution in [0.25, 0.3) is 0 Å². The molecule has 0 N–H and O–H groups in total. The van der Waals surface area contributed by atoms with E-state index in [1.54, 1.807) is 0 Å². The molecule has 0 heterocycles. The van der Waals surface area contributed by atoms with Gasteiger partial charge in [0.15, 0.2) is 0 Å². The van der Waals surface area contributed by atoms with E-state index >= 15 is 0 Å². The minimum absolute atomic E-state index is 0. The molecule has 0 aliphatic carbocycles. The van der Waals surface area contributed by atoms with Crippen molar-refractivity contribution < 1.29 is 218 Å². The fourth-order valence-corrected chi connectivity index (χ4v) is 0. The second-order valence-corrected chi connectivity index (χ2v) is 13.3. The Morgan fingerprint density at radius 1 is 0.204 bits per heavy atom. The summed E-state index contributed by atoms with van der Waals surface area (Å²) in [7, 11) is -20.7. The van der Waals surface area contributed by atoms with E-state index in [2.05, 4.69) is 0 Å². The van der Waals surface area contributed by atoms with Gasteiger partial charge in [0.1, 0.15) is 0 Å². The third-order valence-corrected chi connectivity index (χ3v) is 0. The first-order valence-corrected chi connectivity index (χ1v) is 21.7. The molecule has 54 heteroatoms. The van der Waals surface area contributed by atoms with E-state index in [0.29, 0.717) is 0 Å². The van der Waals surface area contributed by atoms with Gasteiger partial charge in [-0.2, -0.15) is 0 Å². The first-order valence-electron chi connectivity index (χ1n) is 6.00. The van der Waals surface area contributed by atoms with Gasteiger partial charge in [0.05, 0.1) is 0 Å². The molecule has 0 saturated carbocycles. The molecule has 0 rings (SSSR count). The molecule has 36 nitrogen and oxygen atoms in total. The quantitative estimate of drug-likeness (QED) is 0.123. The van der Waals surface area contributed by atoms with E-state index in [1.165, 1.54) is 0 Å². The van der Waals surface area contributed by atoms with Crippen molar-refractivity contribution in [3.63, 3.8) is 0 Å². The predicted octanol–water partition coefficient (Wildman–Crippen LogP) is -21.9. The van der Waals surface area contributed by atoms with Gasteiger partial charge in [-0.1, -0.05) is 0 Å². The maximum atomic E-state index is 8.59. The minimum atomic E-state index is -5.75. The van der Waals surface area contributed by atoms with Crippen LogP contribution in [0, 0.1) is 0 Å². The molecule has 18 radical (unpaired) electrons. The molecule has 0 unspecified atom stereocenters. The molecule has 306 valence electrons. The van der Waals surface area contributed by atoms with Crippen molar-refractivity contribution in [2.24, 2.45) is 0 Å². The Bertz CT molecular complexity index is 1250. The number of rotatable bonds is 0. The molecule has 54 heavy (non-hydrogen) atoms. The molecular weight excluding hydrogens is 2830 g/mol. The summed E-state index contributed by atoms with van der Waals surface area (Å²) in [5.41, 5.74) is 0. The van der Waals surface area contributed by atoms with Crippen LogP contribution in [0.4, 0.5) is 0 Å². The molecule has 0 aromatic carbocycles. The van der Waals surface area contributed by atoms with Gasteiger partial charge in [0.25, 0.3) is 0 Å².